The zero-order valence-corrected chi connectivity index (χ0v) is 14.5. The standard InChI is InChI=1S/C16H17F3N4O2S/c17-16(18,19)15-11-13(5-6-21-15)23-9-7-22(8-10-23)12-1-3-14(4-2-12)26(20,24)25/h1-6,11H,7-10H2,(H2,20,24,25). The van der Waals surface area contributed by atoms with Crippen molar-refractivity contribution in [1.29, 1.82) is 0 Å². The van der Waals surface area contributed by atoms with Crippen LogP contribution < -0.4 is 14.9 Å². The molecular weight excluding hydrogens is 369 g/mol. The SMILES string of the molecule is NS(=O)(=O)c1ccc(N2CCN(c3ccnc(C(F)(F)F)c3)CC2)cc1. The van der Waals surface area contributed by atoms with E-state index in [0.29, 0.717) is 31.9 Å². The third kappa shape index (κ3) is 4.07. The van der Waals surface area contributed by atoms with Crippen LogP contribution in [0.4, 0.5) is 24.5 Å². The monoisotopic (exact) mass is 386 g/mol. The molecule has 2 N–H and O–H groups in total. The van der Waals surface area contributed by atoms with Crippen LogP contribution in [0.15, 0.2) is 47.5 Å². The van der Waals surface area contributed by atoms with Crippen LogP contribution >= 0.6 is 0 Å². The molecule has 0 amide bonds. The lowest BCUT2D eigenvalue weighted by Crippen LogP contribution is -2.46. The molecule has 0 bridgehead atoms. The summed E-state index contributed by atoms with van der Waals surface area (Å²) in [4.78, 5) is 7.32. The Morgan fingerprint density at radius 1 is 0.923 bits per heavy atom. The molecule has 0 saturated carbocycles. The fraction of sp³-hybridized carbons (Fsp3) is 0.312. The van der Waals surface area contributed by atoms with E-state index in [0.717, 1.165) is 18.0 Å². The minimum Gasteiger partial charge on any atom is -0.368 e. The number of nitrogens with zero attached hydrogens (tertiary/aromatic N) is 3. The van der Waals surface area contributed by atoms with Crippen LogP contribution in [0.2, 0.25) is 0 Å². The number of benzene rings is 1. The molecule has 140 valence electrons. The van der Waals surface area contributed by atoms with Gasteiger partial charge in [-0.3, -0.25) is 4.98 Å². The van der Waals surface area contributed by atoms with E-state index in [1.165, 1.54) is 12.1 Å². The molecule has 1 fully saturated rings. The van der Waals surface area contributed by atoms with Crippen LogP contribution in [0, 0.1) is 0 Å². The Balaban J connectivity index is 1.68. The van der Waals surface area contributed by atoms with E-state index < -0.39 is 21.9 Å². The summed E-state index contributed by atoms with van der Waals surface area (Å²) in [7, 11) is -3.74. The van der Waals surface area contributed by atoms with E-state index in [2.05, 4.69) is 4.98 Å². The number of alkyl halides is 3. The Morgan fingerprint density at radius 2 is 1.46 bits per heavy atom. The molecule has 0 aliphatic carbocycles. The van der Waals surface area contributed by atoms with E-state index in [1.54, 1.807) is 18.2 Å². The quantitative estimate of drug-likeness (QED) is 0.874. The lowest BCUT2D eigenvalue weighted by Gasteiger charge is -2.37. The first-order chi connectivity index (χ1) is 12.1. The summed E-state index contributed by atoms with van der Waals surface area (Å²) in [6.45, 7) is 2.27. The molecule has 6 nitrogen and oxygen atoms in total. The van der Waals surface area contributed by atoms with Crippen molar-refractivity contribution in [1.82, 2.24) is 4.98 Å². The van der Waals surface area contributed by atoms with Gasteiger partial charge in [-0.15, -0.1) is 0 Å². The molecule has 0 atom stereocenters. The van der Waals surface area contributed by atoms with Gasteiger partial charge < -0.3 is 9.80 Å². The van der Waals surface area contributed by atoms with Gasteiger partial charge in [0.1, 0.15) is 5.69 Å². The number of hydrogen-bond acceptors (Lipinski definition) is 5. The minimum absolute atomic E-state index is 0.0383. The first-order valence-corrected chi connectivity index (χ1v) is 9.35. The number of halogens is 3. The Kier molecular flexibility index (Phi) is 4.80. The molecule has 0 unspecified atom stereocenters. The van der Waals surface area contributed by atoms with Gasteiger partial charge in [-0.1, -0.05) is 0 Å². The van der Waals surface area contributed by atoms with Crippen LogP contribution in [0.5, 0.6) is 0 Å². The number of anilines is 2. The Labute approximate surface area is 149 Å². The number of rotatable bonds is 3. The molecular formula is C16H17F3N4O2S. The maximum Gasteiger partial charge on any atom is 0.433 e. The Hall–Kier alpha value is -2.33. The van der Waals surface area contributed by atoms with Gasteiger partial charge in [0, 0.05) is 43.8 Å². The van der Waals surface area contributed by atoms with Crippen LogP contribution in [0.3, 0.4) is 0 Å². The van der Waals surface area contributed by atoms with E-state index in [1.807, 2.05) is 9.80 Å². The molecule has 0 radical (unpaired) electrons. The van der Waals surface area contributed by atoms with Crippen molar-refractivity contribution in [3.05, 3.63) is 48.3 Å². The summed E-state index contributed by atoms with van der Waals surface area (Å²) < 4.78 is 61.0. The van der Waals surface area contributed by atoms with Crippen molar-refractivity contribution < 1.29 is 21.6 Å². The molecule has 2 aromatic rings. The van der Waals surface area contributed by atoms with Gasteiger partial charge in [0.05, 0.1) is 4.90 Å². The normalized spacial score (nSPS) is 16.0. The maximum atomic E-state index is 12.8. The summed E-state index contributed by atoms with van der Waals surface area (Å²) in [6, 6.07) is 8.83. The summed E-state index contributed by atoms with van der Waals surface area (Å²) in [6.07, 6.45) is -3.31. The van der Waals surface area contributed by atoms with Crippen molar-refractivity contribution in [3.8, 4) is 0 Å². The summed E-state index contributed by atoms with van der Waals surface area (Å²) in [5.41, 5.74) is 0.412. The highest BCUT2D eigenvalue weighted by atomic mass is 32.2. The molecule has 1 aromatic carbocycles. The number of aromatic nitrogens is 1. The zero-order chi connectivity index (χ0) is 18.9. The van der Waals surface area contributed by atoms with E-state index in [9.17, 15) is 21.6 Å². The lowest BCUT2D eigenvalue weighted by molar-refractivity contribution is -0.141. The second kappa shape index (κ2) is 6.76. The fourth-order valence-corrected chi connectivity index (χ4v) is 3.36. The third-order valence-corrected chi connectivity index (χ3v) is 5.14. The summed E-state index contributed by atoms with van der Waals surface area (Å²) >= 11 is 0. The second-order valence-corrected chi connectivity index (χ2v) is 7.47. The second-order valence-electron chi connectivity index (χ2n) is 5.91. The number of sulfonamides is 1. The van der Waals surface area contributed by atoms with Crippen molar-refractivity contribution in [2.75, 3.05) is 36.0 Å². The topological polar surface area (TPSA) is 79.5 Å². The van der Waals surface area contributed by atoms with E-state index in [4.69, 9.17) is 5.14 Å². The Morgan fingerprint density at radius 3 is 1.96 bits per heavy atom. The maximum absolute atomic E-state index is 12.8. The molecule has 2 heterocycles. The predicted octanol–water partition coefficient (Wildman–Crippen LogP) is 2.07. The van der Waals surface area contributed by atoms with Crippen LogP contribution in [0.25, 0.3) is 0 Å². The number of pyridine rings is 1. The Bertz CT molecular complexity index is 877. The highest BCUT2D eigenvalue weighted by Crippen LogP contribution is 2.30. The van der Waals surface area contributed by atoms with Crippen LogP contribution in [-0.4, -0.2) is 39.6 Å². The third-order valence-electron chi connectivity index (χ3n) is 4.21. The first-order valence-electron chi connectivity index (χ1n) is 7.80. The number of primary sulfonamides is 1. The smallest absolute Gasteiger partial charge is 0.368 e. The molecule has 1 saturated heterocycles. The number of hydrogen-bond donors (Lipinski definition) is 1. The van der Waals surface area contributed by atoms with Gasteiger partial charge in [0.15, 0.2) is 0 Å². The van der Waals surface area contributed by atoms with Gasteiger partial charge in [0.2, 0.25) is 10.0 Å². The summed E-state index contributed by atoms with van der Waals surface area (Å²) in [5.74, 6) is 0. The van der Waals surface area contributed by atoms with Crippen LogP contribution in [0.1, 0.15) is 5.69 Å². The van der Waals surface area contributed by atoms with Gasteiger partial charge >= 0.3 is 6.18 Å². The van der Waals surface area contributed by atoms with Crippen molar-refractivity contribution in [3.63, 3.8) is 0 Å². The molecule has 1 aliphatic rings. The molecule has 26 heavy (non-hydrogen) atoms. The lowest BCUT2D eigenvalue weighted by atomic mass is 10.2. The van der Waals surface area contributed by atoms with Crippen LogP contribution in [-0.2, 0) is 16.2 Å². The number of piperazine rings is 1. The highest BCUT2D eigenvalue weighted by molar-refractivity contribution is 7.89. The van der Waals surface area contributed by atoms with Crippen molar-refractivity contribution in [2.24, 2.45) is 5.14 Å². The molecule has 1 aromatic heterocycles. The summed E-state index contributed by atoms with van der Waals surface area (Å²) in [5, 5.41) is 5.08. The molecule has 3 rings (SSSR count). The number of nitrogens with two attached hydrogens (primary N) is 1. The van der Waals surface area contributed by atoms with Gasteiger partial charge in [-0.25, -0.2) is 13.6 Å². The average Bonchev–Trinajstić information content (AvgIpc) is 2.61. The van der Waals surface area contributed by atoms with Crippen molar-refractivity contribution >= 4 is 21.4 Å². The highest BCUT2D eigenvalue weighted by Gasteiger charge is 2.33. The van der Waals surface area contributed by atoms with Gasteiger partial charge in [0.25, 0.3) is 0 Å². The molecule has 1 aliphatic heterocycles. The first kappa shape index (κ1) is 18.5. The van der Waals surface area contributed by atoms with E-state index >= 15 is 0 Å². The largest absolute Gasteiger partial charge is 0.433 e. The van der Waals surface area contributed by atoms with E-state index in [-0.39, 0.29) is 4.90 Å². The average molecular weight is 386 g/mol. The zero-order valence-electron chi connectivity index (χ0n) is 13.6. The molecule has 10 heteroatoms. The van der Waals surface area contributed by atoms with Gasteiger partial charge in [-0.05, 0) is 36.4 Å². The predicted molar refractivity (Wildman–Crippen MR) is 91.5 cm³/mol. The van der Waals surface area contributed by atoms with Gasteiger partial charge in [-0.2, -0.15) is 13.2 Å². The minimum atomic E-state index is -4.47. The van der Waals surface area contributed by atoms with Crippen molar-refractivity contribution in [2.45, 2.75) is 11.1 Å². The fourth-order valence-electron chi connectivity index (χ4n) is 2.84. The molecule has 0 spiro atoms.